The van der Waals surface area contributed by atoms with E-state index in [0.717, 1.165) is 16.7 Å². The zero-order chi connectivity index (χ0) is 21.7. The minimum absolute atomic E-state index is 0.0805. The highest BCUT2D eigenvalue weighted by molar-refractivity contribution is 5.97. The van der Waals surface area contributed by atoms with E-state index < -0.39 is 11.8 Å². The Morgan fingerprint density at radius 3 is 2.30 bits per heavy atom. The zero-order valence-corrected chi connectivity index (χ0v) is 17.1. The maximum Gasteiger partial charge on any atom is 0.270 e. The van der Waals surface area contributed by atoms with Crippen molar-refractivity contribution in [3.05, 3.63) is 94.3 Å². The second kappa shape index (κ2) is 9.26. The molecule has 1 aromatic heterocycles. The van der Waals surface area contributed by atoms with Gasteiger partial charge in [0.15, 0.2) is 0 Å². The number of hydrogen-bond acceptors (Lipinski definition) is 4. The molecule has 0 unspecified atom stereocenters. The third-order valence-electron chi connectivity index (χ3n) is 4.73. The van der Waals surface area contributed by atoms with Crippen LogP contribution in [0.1, 0.15) is 56.2 Å². The molecule has 0 fully saturated rings. The van der Waals surface area contributed by atoms with Crippen molar-refractivity contribution in [2.24, 2.45) is 0 Å². The normalized spacial score (nSPS) is 11.6. The van der Waals surface area contributed by atoms with Gasteiger partial charge in [0, 0.05) is 12.6 Å². The molecule has 2 aromatic carbocycles. The number of nitrogens with zero attached hydrogens (tertiary/aromatic N) is 2. The number of aromatic nitrogens is 2. The number of carbonyl (C=O) groups excluding carboxylic acids is 2. The number of carbonyl (C=O) groups is 2. The molecule has 3 aromatic rings. The van der Waals surface area contributed by atoms with Crippen molar-refractivity contribution in [2.75, 3.05) is 0 Å². The van der Waals surface area contributed by atoms with Gasteiger partial charge < -0.3 is 10.6 Å². The first-order valence-electron chi connectivity index (χ1n) is 9.56. The molecule has 0 saturated heterocycles. The van der Waals surface area contributed by atoms with Crippen LogP contribution in [0.25, 0.3) is 0 Å². The summed E-state index contributed by atoms with van der Waals surface area (Å²) in [5.74, 6) is -1.13. The standard InChI is InChI=1S/C23H23FN4O2/c1-14-4-7-18(8-5-14)16(3)28-23(30)21-11-20(26-13-27-21)22(29)25-12-17-6-9-19(24)15(2)10-17/h4-11,13,16H,12H2,1-3H3,(H,25,29)(H,28,30)/t16-/m0/s1. The number of hydrogen-bond donors (Lipinski definition) is 2. The Labute approximate surface area is 174 Å². The minimum Gasteiger partial charge on any atom is -0.347 e. The van der Waals surface area contributed by atoms with Gasteiger partial charge in [0.25, 0.3) is 11.8 Å². The lowest BCUT2D eigenvalue weighted by molar-refractivity contribution is 0.0934. The molecule has 2 N–H and O–H groups in total. The number of halogens is 1. The van der Waals surface area contributed by atoms with Crippen molar-refractivity contribution in [1.82, 2.24) is 20.6 Å². The Kier molecular flexibility index (Phi) is 6.51. The predicted octanol–water partition coefficient (Wildman–Crippen LogP) is 3.65. The van der Waals surface area contributed by atoms with E-state index in [1.54, 1.807) is 19.1 Å². The number of aryl methyl sites for hydroxylation is 2. The molecule has 2 amide bonds. The van der Waals surface area contributed by atoms with Crippen LogP contribution < -0.4 is 10.6 Å². The molecule has 154 valence electrons. The third-order valence-corrected chi connectivity index (χ3v) is 4.73. The highest BCUT2D eigenvalue weighted by atomic mass is 19.1. The fraction of sp³-hybridized carbons (Fsp3) is 0.217. The Bertz CT molecular complexity index is 1070. The van der Waals surface area contributed by atoms with Crippen LogP contribution in [0.5, 0.6) is 0 Å². The van der Waals surface area contributed by atoms with Gasteiger partial charge in [-0.25, -0.2) is 14.4 Å². The lowest BCUT2D eigenvalue weighted by atomic mass is 10.1. The average Bonchev–Trinajstić information content (AvgIpc) is 2.74. The number of nitrogens with one attached hydrogen (secondary N) is 2. The summed E-state index contributed by atoms with van der Waals surface area (Å²) >= 11 is 0. The van der Waals surface area contributed by atoms with Gasteiger partial charge in [0.1, 0.15) is 23.5 Å². The van der Waals surface area contributed by atoms with Gasteiger partial charge in [-0.05, 0) is 43.5 Å². The van der Waals surface area contributed by atoms with Gasteiger partial charge in [0.05, 0.1) is 6.04 Å². The quantitative estimate of drug-likeness (QED) is 0.654. The Morgan fingerprint density at radius 1 is 0.967 bits per heavy atom. The molecule has 7 heteroatoms. The van der Waals surface area contributed by atoms with E-state index in [9.17, 15) is 14.0 Å². The van der Waals surface area contributed by atoms with Gasteiger partial charge in [-0.3, -0.25) is 9.59 Å². The summed E-state index contributed by atoms with van der Waals surface area (Å²) in [7, 11) is 0. The first-order chi connectivity index (χ1) is 14.3. The zero-order valence-electron chi connectivity index (χ0n) is 17.1. The summed E-state index contributed by atoms with van der Waals surface area (Å²) in [6, 6.07) is 13.6. The smallest absolute Gasteiger partial charge is 0.270 e. The van der Waals surface area contributed by atoms with Crippen molar-refractivity contribution in [3.8, 4) is 0 Å². The summed E-state index contributed by atoms with van der Waals surface area (Å²) in [4.78, 5) is 32.9. The van der Waals surface area contributed by atoms with Crippen LogP contribution in [0, 0.1) is 19.7 Å². The molecule has 6 nitrogen and oxygen atoms in total. The Balaban J connectivity index is 1.64. The molecule has 0 aliphatic heterocycles. The highest BCUT2D eigenvalue weighted by Crippen LogP contribution is 2.14. The number of amides is 2. The number of benzene rings is 2. The predicted molar refractivity (Wildman–Crippen MR) is 111 cm³/mol. The van der Waals surface area contributed by atoms with Crippen LogP contribution in [0.15, 0.2) is 54.9 Å². The monoisotopic (exact) mass is 406 g/mol. The van der Waals surface area contributed by atoms with E-state index in [-0.39, 0.29) is 29.8 Å². The van der Waals surface area contributed by atoms with Crippen molar-refractivity contribution >= 4 is 11.8 Å². The summed E-state index contributed by atoms with van der Waals surface area (Å²) in [6.07, 6.45) is 1.18. The van der Waals surface area contributed by atoms with E-state index >= 15 is 0 Å². The van der Waals surface area contributed by atoms with Crippen LogP contribution in [0.3, 0.4) is 0 Å². The Morgan fingerprint density at radius 2 is 1.63 bits per heavy atom. The summed E-state index contributed by atoms with van der Waals surface area (Å²) in [5, 5.41) is 5.59. The van der Waals surface area contributed by atoms with Gasteiger partial charge >= 0.3 is 0 Å². The van der Waals surface area contributed by atoms with Gasteiger partial charge in [0.2, 0.25) is 0 Å². The molecule has 3 rings (SSSR count). The topological polar surface area (TPSA) is 84.0 Å². The fourth-order valence-electron chi connectivity index (χ4n) is 2.90. The third kappa shape index (κ3) is 5.26. The van der Waals surface area contributed by atoms with Crippen LogP contribution in [-0.2, 0) is 6.54 Å². The maximum absolute atomic E-state index is 13.4. The molecule has 0 radical (unpaired) electrons. The summed E-state index contributed by atoms with van der Waals surface area (Å²) in [5.41, 5.74) is 3.56. The SMILES string of the molecule is Cc1ccc([C@H](C)NC(=O)c2cc(C(=O)NCc3ccc(F)c(C)c3)ncn2)cc1. The van der Waals surface area contributed by atoms with E-state index in [0.29, 0.717) is 5.56 Å². The Hall–Kier alpha value is -3.61. The number of rotatable bonds is 6. The maximum atomic E-state index is 13.4. The molecular formula is C23H23FN4O2. The van der Waals surface area contributed by atoms with Gasteiger partial charge in [-0.1, -0.05) is 42.0 Å². The summed E-state index contributed by atoms with van der Waals surface area (Å²) in [6.45, 7) is 5.75. The van der Waals surface area contributed by atoms with E-state index in [4.69, 9.17) is 0 Å². The molecule has 0 aliphatic carbocycles. The van der Waals surface area contributed by atoms with Gasteiger partial charge in [-0.15, -0.1) is 0 Å². The first-order valence-corrected chi connectivity index (χ1v) is 9.56. The molecular weight excluding hydrogens is 383 g/mol. The lowest BCUT2D eigenvalue weighted by Gasteiger charge is -2.14. The average molecular weight is 406 g/mol. The largest absolute Gasteiger partial charge is 0.347 e. The van der Waals surface area contributed by atoms with Crippen molar-refractivity contribution in [1.29, 1.82) is 0 Å². The van der Waals surface area contributed by atoms with E-state index in [1.807, 2.05) is 38.1 Å². The lowest BCUT2D eigenvalue weighted by Crippen LogP contribution is -2.29. The first kappa shape index (κ1) is 21.1. The molecule has 1 heterocycles. The second-order valence-corrected chi connectivity index (χ2v) is 7.16. The molecule has 30 heavy (non-hydrogen) atoms. The molecule has 0 aliphatic rings. The second-order valence-electron chi connectivity index (χ2n) is 7.16. The molecule has 0 spiro atoms. The van der Waals surface area contributed by atoms with Crippen LogP contribution in [0.2, 0.25) is 0 Å². The highest BCUT2D eigenvalue weighted by Gasteiger charge is 2.16. The van der Waals surface area contributed by atoms with E-state index in [2.05, 4.69) is 20.6 Å². The molecule has 1 atom stereocenters. The van der Waals surface area contributed by atoms with Crippen LogP contribution >= 0.6 is 0 Å². The summed E-state index contributed by atoms with van der Waals surface area (Å²) < 4.78 is 13.4. The van der Waals surface area contributed by atoms with Crippen LogP contribution in [-0.4, -0.2) is 21.8 Å². The molecule has 0 bridgehead atoms. The van der Waals surface area contributed by atoms with Crippen molar-refractivity contribution < 1.29 is 14.0 Å². The van der Waals surface area contributed by atoms with Crippen molar-refractivity contribution in [2.45, 2.75) is 33.4 Å². The minimum atomic E-state index is -0.444. The molecule has 0 saturated carbocycles. The van der Waals surface area contributed by atoms with Gasteiger partial charge in [-0.2, -0.15) is 0 Å². The fourth-order valence-corrected chi connectivity index (χ4v) is 2.90. The van der Waals surface area contributed by atoms with Crippen molar-refractivity contribution in [3.63, 3.8) is 0 Å². The van der Waals surface area contributed by atoms with Crippen LogP contribution in [0.4, 0.5) is 4.39 Å². The van der Waals surface area contributed by atoms with E-state index in [1.165, 1.54) is 18.5 Å².